The van der Waals surface area contributed by atoms with Gasteiger partial charge in [0.1, 0.15) is 40.3 Å². The van der Waals surface area contributed by atoms with Gasteiger partial charge in [0.15, 0.2) is 29.0 Å². The normalized spacial score (nSPS) is 25.6. The molecule has 1 aliphatic heterocycles. The van der Waals surface area contributed by atoms with Gasteiger partial charge in [-0.2, -0.15) is 0 Å². The summed E-state index contributed by atoms with van der Waals surface area (Å²) in [5, 5.41) is 72.5. The van der Waals surface area contributed by atoms with Crippen LogP contribution >= 0.6 is 0 Å². The Balaban J connectivity index is 1.60. The summed E-state index contributed by atoms with van der Waals surface area (Å²) >= 11 is 0. The minimum atomic E-state index is -2.69. The molecular formula is C25H25N3O12. The van der Waals surface area contributed by atoms with Crippen LogP contribution in [0.2, 0.25) is 0 Å². The molecule has 15 nitrogen and oxygen atoms in total. The fraction of sp³-hybridized carbons (Fsp3) is 0.320. The number of carboxylic acid groups (broad SMARTS) is 1. The Hall–Kier alpha value is -4.57. The van der Waals surface area contributed by atoms with Crippen LogP contribution in [0.5, 0.6) is 23.0 Å². The summed E-state index contributed by atoms with van der Waals surface area (Å²) in [6.45, 7) is -0.852. The predicted octanol–water partition coefficient (Wildman–Crippen LogP) is -1.41. The minimum Gasteiger partial charge on any atom is -0.508 e. The fourth-order valence-electron chi connectivity index (χ4n) is 4.92. The van der Waals surface area contributed by atoms with Gasteiger partial charge in [0.2, 0.25) is 12.0 Å². The molecule has 0 bridgehead atoms. The van der Waals surface area contributed by atoms with Crippen molar-refractivity contribution in [3.05, 3.63) is 45.6 Å². The number of benzene rings is 2. The SMILES string of the molecule is NC(N)=NC[C@]1(O)[C@H](O)[C@@H](C(=O)O)O[C@H](Oc2cc3oc4c(c(=O)c3c(O)c2O)CCc2cc(O)ccc2-4)[C@@H]1O. The largest absolute Gasteiger partial charge is 0.508 e. The topological polar surface area (TPSA) is 272 Å². The first-order valence-corrected chi connectivity index (χ1v) is 11.9. The summed E-state index contributed by atoms with van der Waals surface area (Å²) in [5.41, 5.74) is 8.46. The number of fused-ring (bicyclic) bond motifs is 4. The molecule has 5 atom stereocenters. The predicted molar refractivity (Wildman–Crippen MR) is 135 cm³/mol. The molecule has 1 aromatic heterocycles. The molecule has 5 rings (SSSR count). The van der Waals surface area contributed by atoms with Crippen LogP contribution in [0.25, 0.3) is 22.3 Å². The molecule has 0 amide bonds. The second kappa shape index (κ2) is 9.56. The molecule has 0 unspecified atom stereocenters. The number of aliphatic hydroxyl groups is 3. The third kappa shape index (κ3) is 4.21. The second-order valence-corrected chi connectivity index (χ2v) is 9.53. The Morgan fingerprint density at radius 1 is 1.10 bits per heavy atom. The van der Waals surface area contributed by atoms with E-state index in [-0.39, 0.29) is 34.5 Å². The second-order valence-electron chi connectivity index (χ2n) is 9.53. The number of carbonyl (C=O) groups is 1. The summed E-state index contributed by atoms with van der Waals surface area (Å²) in [6, 6.07) is 5.52. The van der Waals surface area contributed by atoms with Crippen LogP contribution < -0.4 is 21.6 Å². The van der Waals surface area contributed by atoms with Crippen molar-refractivity contribution < 1.29 is 54.4 Å². The summed E-state index contributed by atoms with van der Waals surface area (Å²) in [4.78, 5) is 28.6. The number of aliphatic hydroxyl groups excluding tert-OH is 2. The fourth-order valence-corrected chi connectivity index (χ4v) is 4.92. The van der Waals surface area contributed by atoms with Gasteiger partial charge in [0, 0.05) is 17.2 Å². The molecule has 40 heavy (non-hydrogen) atoms. The number of phenols is 3. The van der Waals surface area contributed by atoms with Gasteiger partial charge < -0.3 is 61.1 Å². The highest BCUT2D eigenvalue weighted by molar-refractivity contribution is 5.91. The van der Waals surface area contributed by atoms with Crippen LogP contribution in [0.3, 0.4) is 0 Å². The Labute approximate surface area is 223 Å². The Morgan fingerprint density at radius 2 is 1.82 bits per heavy atom. The number of rotatable bonds is 5. The van der Waals surface area contributed by atoms with Crippen molar-refractivity contribution in [3.63, 3.8) is 0 Å². The third-order valence-electron chi connectivity index (χ3n) is 7.02. The molecule has 15 heteroatoms. The van der Waals surface area contributed by atoms with Crippen molar-refractivity contribution in [2.45, 2.75) is 43.0 Å². The number of nitrogens with zero attached hydrogens (tertiary/aromatic N) is 1. The molecule has 212 valence electrons. The van der Waals surface area contributed by atoms with Crippen molar-refractivity contribution in [3.8, 4) is 34.3 Å². The van der Waals surface area contributed by atoms with E-state index in [1.54, 1.807) is 6.07 Å². The number of hydrogen-bond donors (Lipinski definition) is 9. The smallest absolute Gasteiger partial charge is 0.335 e. The lowest BCUT2D eigenvalue weighted by Gasteiger charge is -2.45. The molecular weight excluding hydrogens is 534 g/mol. The Bertz CT molecular complexity index is 1620. The van der Waals surface area contributed by atoms with E-state index in [4.69, 9.17) is 25.4 Å². The average Bonchev–Trinajstić information content (AvgIpc) is 2.90. The quantitative estimate of drug-likeness (QED) is 0.0987. The van der Waals surface area contributed by atoms with Crippen LogP contribution in [-0.4, -0.2) is 84.4 Å². The molecule has 3 aromatic rings. The van der Waals surface area contributed by atoms with Gasteiger partial charge in [-0.3, -0.25) is 9.79 Å². The van der Waals surface area contributed by atoms with E-state index in [2.05, 4.69) is 4.99 Å². The van der Waals surface area contributed by atoms with Gasteiger partial charge in [-0.1, -0.05) is 0 Å². The zero-order valence-corrected chi connectivity index (χ0v) is 20.5. The van der Waals surface area contributed by atoms with Crippen LogP contribution in [0.15, 0.2) is 38.5 Å². The number of ether oxygens (including phenoxy) is 2. The standard InChI is InChI=1S/C25H25N3O12/c26-24(27)28-7-25(37)20(33)19(22(35)36)40-23(21(25)34)39-13-6-12-14(17(32)16(13)31)15(30)11-3-1-8-5-9(29)2-4-10(8)18(11)38-12/h2,4-6,19-21,23,29,31-34,37H,1,3,7H2,(H,35,36)(H4,26,27,28)/t19-,20+,21-,23-,25-/m0/s1. The molecule has 1 fully saturated rings. The number of phenolic OH excluding ortho intramolecular Hbond substituents is 3. The lowest BCUT2D eigenvalue weighted by Crippen LogP contribution is -2.70. The highest BCUT2D eigenvalue weighted by Gasteiger charge is 2.58. The van der Waals surface area contributed by atoms with Crippen molar-refractivity contribution in [1.82, 2.24) is 0 Å². The molecule has 0 saturated carbocycles. The molecule has 2 heterocycles. The first-order chi connectivity index (χ1) is 18.8. The molecule has 2 aliphatic rings. The summed E-state index contributed by atoms with van der Waals surface area (Å²) in [5.74, 6) is -4.58. The first-order valence-electron chi connectivity index (χ1n) is 11.9. The van der Waals surface area contributed by atoms with Gasteiger partial charge in [0.25, 0.3) is 0 Å². The number of aromatic hydroxyl groups is 3. The van der Waals surface area contributed by atoms with Crippen molar-refractivity contribution in [2.75, 3.05) is 6.54 Å². The van der Waals surface area contributed by atoms with Crippen LogP contribution in [0.4, 0.5) is 0 Å². The first kappa shape index (κ1) is 27.0. The van der Waals surface area contributed by atoms with Crippen molar-refractivity contribution >= 4 is 22.9 Å². The van der Waals surface area contributed by atoms with E-state index in [1.807, 2.05) is 0 Å². The number of nitrogens with two attached hydrogens (primary N) is 2. The van der Waals surface area contributed by atoms with Gasteiger partial charge in [0.05, 0.1) is 6.54 Å². The average molecular weight is 559 g/mol. The van der Waals surface area contributed by atoms with E-state index in [1.165, 1.54) is 12.1 Å². The van der Waals surface area contributed by atoms with E-state index in [9.17, 15) is 45.3 Å². The van der Waals surface area contributed by atoms with E-state index >= 15 is 0 Å². The van der Waals surface area contributed by atoms with E-state index in [0.717, 1.165) is 6.07 Å². The van der Waals surface area contributed by atoms with Crippen molar-refractivity contribution in [1.29, 1.82) is 0 Å². The van der Waals surface area contributed by atoms with Gasteiger partial charge in [-0.25, -0.2) is 4.79 Å². The lowest BCUT2D eigenvalue weighted by atomic mass is 9.84. The molecule has 1 aliphatic carbocycles. The van der Waals surface area contributed by atoms with Crippen molar-refractivity contribution in [2.24, 2.45) is 16.5 Å². The molecule has 1 saturated heterocycles. The highest BCUT2D eigenvalue weighted by Crippen LogP contribution is 2.45. The van der Waals surface area contributed by atoms with Gasteiger partial charge in [-0.05, 0) is 36.6 Å². The summed E-state index contributed by atoms with van der Waals surface area (Å²) < 4.78 is 16.6. The Morgan fingerprint density at radius 3 is 2.50 bits per heavy atom. The minimum absolute atomic E-state index is 0.0270. The maximum Gasteiger partial charge on any atom is 0.335 e. The zero-order chi connectivity index (χ0) is 29.1. The Kier molecular flexibility index (Phi) is 6.46. The number of carboxylic acids is 1. The van der Waals surface area contributed by atoms with E-state index in [0.29, 0.717) is 17.5 Å². The number of aliphatic imine (C=N–C) groups is 1. The van der Waals surface area contributed by atoms with Crippen LogP contribution in [0, 0.1) is 0 Å². The molecule has 11 N–H and O–H groups in total. The monoisotopic (exact) mass is 559 g/mol. The number of aliphatic carboxylic acids is 1. The molecule has 0 spiro atoms. The highest BCUT2D eigenvalue weighted by atomic mass is 16.7. The number of aryl methyl sites for hydroxylation is 1. The molecule has 0 radical (unpaired) electrons. The zero-order valence-electron chi connectivity index (χ0n) is 20.5. The number of hydrogen-bond acceptors (Lipinski definition) is 12. The van der Waals surface area contributed by atoms with Crippen LogP contribution in [-0.2, 0) is 22.4 Å². The number of guanidine groups is 1. The van der Waals surface area contributed by atoms with E-state index < -0.39 is 71.4 Å². The van der Waals surface area contributed by atoms with Crippen LogP contribution in [0.1, 0.15) is 11.1 Å². The summed E-state index contributed by atoms with van der Waals surface area (Å²) in [7, 11) is 0. The maximum atomic E-state index is 13.3. The maximum absolute atomic E-state index is 13.3. The summed E-state index contributed by atoms with van der Waals surface area (Å²) in [6.07, 6.45) is -7.95. The van der Waals surface area contributed by atoms with Gasteiger partial charge >= 0.3 is 5.97 Å². The third-order valence-corrected chi connectivity index (χ3v) is 7.02. The molecule has 2 aromatic carbocycles. The van der Waals surface area contributed by atoms with Gasteiger partial charge in [-0.15, -0.1) is 0 Å². The lowest BCUT2D eigenvalue weighted by molar-refractivity contribution is -0.303.